The number of nitrogens with zero attached hydrogens (tertiary/aromatic N) is 3. The molecule has 4 heteroatoms. The number of aromatic nitrogens is 1. The summed E-state index contributed by atoms with van der Waals surface area (Å²) in [5, 5.41) is 10.5. The molecule has 1 aliphatic heterocycles. The van der Waals surface area contributed by atoms with Crippen molar-refractivity contribution < 1.29 is 0 Å². The maximum absolute atomic E-state index is 9.38. The van der Waals surface area contributed by atoms with Gasteiger partial charge in [-0.05, 0) is 70.6 Å². The number of fused-ring (bicyclic) bond motifs is 3. The van der Waals surface area contributed by atoms with Gasteiger partial charge in [-0.1, -0.05) is 105 Å². The van der Waals surface area contributed by atoms with Crippen LogP contribution in [-0.2, 0) is 5.41 Å². The van der Waals surface area contributed by atoms with E-state index in [4.69, 9.17) is 4.98 Å². The summed E-state index contributed by atoms with van der Waals surface area (Å²) < 4.78 is 0. The van der Waals surface area contributed by atoms with Crippen LogP contribution in [0.4, 0.5) is 17.1 Å². The molecule has 7 rings (SSSR count). The van der Waals surface area contributed by atoms with E-state index in [1.165, 1.54) is 15.4 Å². The monoisotopic (exact) mass is 559 g/mol. The Morgan fingerprint density at radius 3 is 1.88 bits per heavy atom. The summed E-state index contributed by atoms with van der Waals surface area (Å²) in [4.78, 5) is 10.1. The van der Waals surface area contributed by atoms with Crippen LogP contribution in [0.3, 0.4) is 0 Å². The van der Waals surface area contributed by atoms with Crippen LogP contribution in [0.15, 0.2) is 131 Å². The predicted molar refractivity (Wildman–Crippen MR) is 175 cm³/mol. The first-order chi connectivity index (χ1) is 20.4. The molecule has 2 heterocycles. The smallest absolute Gasteiger partial charge is 0.0991 e. The molecule has 0 spiro atoms. The van der Waals surface area contributed by atoms with E-state index in [1.54, 1.807) is 11.8 Å². The summed E-state index contributed by atoms with van der Waals surface area (Å²) in [7, 11) is 0. The van der Waals surface area contributed by atoms with Crippen molar-refractivity contribution >= 4 is 39.7 Å². The zero-order valence-electron chi connectivity index (χ0n) is 23.8. The molecule has 0 atom stereocenters. The van der Waals surface area contributed by atoms with Crippen molar-refractivity contribution in [3.63, 3.8) is 0 Å². The third-order valence-electron chi connectivity index (χ3n) is 7.86. The van der Waals surface area contributed by atoms with Gasteiger partial charge in [-0.2, -0.15) is 5.26 Å². The molecule has 3 nitrogen and oxygen atoms in total. The summed E-state index contributed by atoms with van der Waals surface area (Å²) in [6.45, 7) is 6.73. The Balaban J connectivity index is 1.51. The number of pyridine rings is 1. The van der Waals surface area contributed by atoms with Crippen molar-refractivity contribution in [1.29, 1.82) is 5.26 Å². The van der Waals surface area contributed by atoms with Crippen LogP contribution in [-0.4, -0.2) is 4.98 Å². The Labute approximate surface area is 251 Å². The van der Waals surface area contributed by atoms with E-state index in [9.17, 15) is 5.26 Å². The highest BCUT2D eigenvalue weighted by molar-refractivity contribution is 7.99. The van der Waals surface area contributed by atoms with Crippen LogP contribution in [0.5, 0.6) is 0 Å². The van der Waals surface area contributed by atoms with E-state index in [0.717, 1.165) is 50.3 Å². The van der Waals surface area contributed by atoms with Crippen LogP contribution in [0.1, 0.15) is 31.9 Å². The number of nitriles is 1. The number of para-hydroxylation sites is 3. The van der Waals surface area contributed by atoms with Gasteiger partial charge in [0, 0.05) is 20.7 Å². The average molecular weight is 560 g/mol. The molecular weight excluding hydrogens is 531 g/mol. The van der Waals surface area contributed by atoms with Crippen molar-refractivity contribution in [2.75, 3.05) is 4.90 Å². The normalized spacial score (nSPS) is 12.5. The van der Waals surface area contributed by atoms with Gasteiger partial charge in [0.15, 0.2) is 0 Å². The zero-order chi connectivity index (χ0) is 28.8. The second kappa shape index (κ2) is 10.2. The van der Waals surface area contributed by atoms with Crippen molar-refractivity contribution in [3.05, 3.63) is 132 Å². The first-order valence-electron chi connectivity index (χ1n) is 14.1. The molecule has 0 saturated heterocycles. The maximum Gasteiger partial charge on any atom is 0.0991 e. The van der Waals surface area contributed by atoms with Crippen LogP contribution < -0.4 is 4.90 Å². The minimum absolute atomic E-state index is 0.0761. The topological polar surface area (TPSA) is 39.9 Å². The van der Waals surface area contributed by atoms with Gasteiger partial charge in [0.2, 0.25) is 0 Å². The average Bonchev–Trinajstić information content (AvgIpc) is 3.02. The minimum atomic E-state index is 0.0761. The largest absolute Gasteiger partial charge is 0.306 e. The molecule has 202 valence electrons. The molecule has 42 heavy (non-hydrogen) atoms. The molecule has 0 N–H and O–H groups in total. The number of rotatable bonds is 3. The van der Waals surface area contributed by atoms with Crippen molar-refractivity contribution in [2.45, 2.75) is 36.0 Å². The highest BCUT2D eigenvalue weighted by Crippen LogP contribution is 2.52. The third kappa shape index (κ3) is 4.53. The summed E-state index contributed by atoms with van der Waals surface area (Å²) in [6.07, 6.45) is 0. The first kappa shape index (κ1) is 26.1. The van der Waals surface area contributed by atoms with Gasteiger partial charge in [-0.15, -0.1) is 0 Å². The van der Waals surface area contributed by atoms with Gasteiger partial charge in [-0.3, -0.25) is 0 Å². The lowest BCUT2D eigenvalue weighted by Crippen LogP contribution is -2.15. The second-order valence-electron chi connectivity index (χ2n) is 11.6. The number of hydrogen-bond acceptors (Lipinski definition) is 4. The Morgan fingerprint density at radius 2 is 1.26 bits per heavy atom. The lowest BCUT2D eigenvalue weighted by atomic mass is 9.86. The molecule has 0 amide bonds. The van der Waals surface area contributed by atoms with Crippen LogP contribution in [0, 0.1) is 11.3 Å². The summed E-state index contributed by atoms with van der Waals surface area (Å²) in [5.74, 6) is 0. The van der Waals surface area contributed by atoms with Crippen molar-refractivity contribution in [1.82, 2.24) is 4.98 Å². The number of anilines is 3. The van der Waals surface area contributed by atoms with Crippen LogP contribution in [0.25, 0.3) is 33.3 Å². The Bertz CT molecular complexity index is 1950. The number of benzene rings is 5. The van der Waals surface area contributed by atoms with E-state index in [1.807, 2.05) is 24.3 Å². The molecule has 0 saturated carbocycles. The Kier molecular flexibility index (Phi) is 6.34. The summed E-state index contributed by atoms with van der Waals surface area (Å²) >= 11 is 1.80. The van der Waals surface area contributed by atoms with E-state index >= 15 is 0 Å². The minimum Gasteiger partial charge on any atom is -0.306 e. The fourth-order valence-electron chi connectivity index (χ4n) is 5.63. The van der Waals surface area contributed by atoms with Gasteiger partial charge in [0.25, 0.3) is 0 Å². The van der Waals surface area contributed by atoms with Gasteiger partial charge in [0.1, 0.15) is 0 Å². The van der Waals surface area contributed by atoms with Gasteiger partial charge >= 0.3 is 0 Å². The van der Waals surface area contributed by atoms with Gasteiger partial charge in [0.05, 0.1) is 39.9 Å². The predicted octanol–water partition coefficient (Wildman–Crippen LogP) is 10.7. The number of hydrogen-bond donors (Lipinski definition) is 0. The van der Waals surface area contributed by atoms with Crippen molar-refractivity contribution in [2.24, 2.45) is 0 Å². The first-order valence-corrected chi connectivity index (χ1v) is 14.9. The summed E-state index contributed by atoms with van der Waals surface area (Å²) in [6, 6.07) is 44.7. The maximum atomic E-state index is 9.38. The van der Waals surface area contributed by atoms with Crippen LogP contribution in [0.2, 0.25) is 0 Å². The molecule has 0 bridgehead atoms. The standard InChI is InChI=1S/C38H29N3S/c1-38(2,3)28-21-19-26(20-22-28)30-23-31(27-17-15-25(24-39)16-18-27)40-37-29(30)9-8-12-34(37)41-32-10-4-6-13-35(32)42-36-14-7-5-11-33(36)41/h4-23H,1-3H3. The highest BCUT2D eigenvalue weighted by atomic mass is 32.2. The molecule has 6 aromatic rings. The van der Waals surface area contributed by atoms with E-state index in [0.29, 0.717) is 5.56 Å². The Morgan fingerprint density at radius 1 is 0.667 bits per heavy atom. The quantitative estimate of drug-likeness (QED) is 0.216. The van der Waals surface area contributed by atoms with E-state index in [2.05, 4.69) is 129 Å². The SMILES string of the molecule is CC(C)(C)c1ccc(-c2cc(-c3ccc(C#N)cc3)nc3c(N4c5ccccc5Sc5ccccc54)cccc23)cc1. The summed E-state index contributed by atoms with van der Waals surface area (Å²) in [5.41, 5.74) is 10.4. The molecule has 0 aliphatic carbocycles. The lowest BCUT2D eigenvalue weighted by Gasteiger charge is -2.33. The fourth-order valence-corrected chi connectivity index (χ4v) is 6.69. The molecule has 0 radical (unpaired) electrons. The van der Waals surface area contributed by atoms with Crippen molar-refractivity contribution in [3.8, 4) is 28.5 Å². The molecule has 0 fully saturated rings. The van der Waals surface area contributed by atoms with Crippen LogP contribution >= 0.6 is 11.8 Å². The zero-order valence-corrected chi connectivity index (χ0v) is 24.6. The third-order valence-corrected chi connectivity index (χ3v) is 8.99. The van der Waals surface area contributed by atoms with E-state index < -0.39 is 0 Å². The molecule has 5 aromatic carbocycles. The fraction of sp³-hybridized carbons (Fsp3) is 0.105. The highest BCUT2D eigenvalue weighted by Gasteiger charge is 2.26. The lowest BCUT2D eigenvalue weighted by molar-refractivity contribution is 0.590. The molecule has 0 unspecified atom stereocenters. The van der Waals surface area contributed by atoms with Gasteiger partial charge in [-0.25, -0.2) is 4.98 Å². The van der Waals surface area contributed by atoms with Gasteiger partial charge < -0.3 is 4.90 Å². The molecule has 1 aromatic heterocycles. The Hall–Kier alpha value is -4.85. The molecular formula is C38H29N3S. The second-order valence-corrected chi connectivity index (χ2v) is 12.7. The molecule has 1 aliphatic rings. The van der Waals surface area contributed by atoms with E-state index in [-0.39, 0.29) is 5.41 Å².